The van der Waals surface area contributed by atoms with Gasteiger partial charge in [-0.05, 0) is 11.1 Å². The van der Waals surface area contributed by atoms with Crippen LogP contribution in [0.5, 0.6) is 0 Å². The Kier molecular flexibility index (Phi) is 5.05. The van der Waals surface area contributed by atoms with E-state index in [9.17, 15) is 0 Å². The quantitative estimate of drug-likeness (QED) is 0.725. The molecule has 120 valence electrons. The summed E-state index contributed by atoms with van der Waals surface area (Å²) < 4.78 is 2.09. The maximum absolute atomic E-state index is 4.40. The third-order valence-corrected chi connectivity index (χ3v) is 4.73. The van der Waals surface area contributed by atoms with Gasteiger partial charge >= 0.3 is 0 Å². The number of hydrogen-bond donors (Lipinski definition) is 1. The number of hydrogen-bond acceptors (Lipinski definition) is 5. The summed E-state index contributed by atoms with van der Waals surface area (Å²) in [4.78, 5) is 11.8. The fourth-order valence-corrected chi connectivity index (χ4v) is 3.17. The van der Waals surface area contributed by atoms with Crippen molar-refractivity contribution >= 4 is 16.5 Å². The van der Waals surface area contributed by atoms with Crippen molar-refractivity contribution in [3.05, 3.63) is 65.2 Å². The van der Waals surface area contributed by atoms with Crippen molar-refractivity contribution in [3.8, 4) is 0 Å². The molecule has 0 saturated heterocycles. The van der Waals surface area contributed by atoms with Crippen LogP contribution in [0.1, 0.15) is 16.0 Å². The number of anilines is 1. The van der Waals surface area contributed by atoms with E-state index in [0.29, 0.717) is 0 Å². The minimum Gasteiger partial charge on any atom is -0.354 e. The van der Waals surface area contributed by atoms with Crippen LogP contribution in [0.3, 0.4) is 0 Å². The smallest absolute Gasteiger partial charge is 0.185 e. The molecule has 1 aromatic carbocycles. The normalized spacial score (nSPS) is 10.9. The van der Waals surface area contributed by atoms with Crippen molar-refractivity contribution in [1.82, 2.24) is 19.9 Å². The SMILES string of the molecule is CN(C)c1ncc(CNCc2ccccc2Cn2ccnc2)s1. The van der Waals surface area contributed by atoms with Gasteiger partial charge in [0.25, 0.3) is 0 Å². The number of nitrogens with one attached hydrogen (secondary N) is 1. The Morgan fingerprint density at radius 1 is 1.17 bits per heavy atom. The lowest BCUT2D eigenvalue weighted by atomic mass is 10.1. The average molecular weight is 327 g/mol. The van der Waals surface area contributed by atoms with Gasteiger partial charge < -0.3 is 14.8 Å². The fraction of sp³-hybridized carbons (Fsp3) is 0.294. The van der Waals surface area contributed by atoms with Crippen LogP contribution >= 0.6 is 11.3 Å². The van der Waals surface area contributed by atoms with Crippen LogP contribution in [0.25, 0.3) is 0 Å². The molecule has 2 heterocycles. The summed E-state index contributed by atoms with van der Waals surface area (Å²) in [5, 5.41) is 4.56. The molecule has 0 aliphatic carbocycles. The predicted molar refractivity (Wildman–Crippen MR) is 94.8 cm³/mol. The summed E-state index contributed by atoms with van der Waals surface area (Å²) in [5.74, 6) is 0. The molecular formula is C17H21N5S. The molecule has 3 aromatic rings. The second-order valence-electron chi connectivity index (χ2n) is 5.61. The molecule has 0 unspecified atom stereocenters. The Labute approximate surface area is 140 Å². The van der Waals surface area contributed by atoms with Gasteiger partial charge in [0, 0.05) is 57.2 Å². The third kappa shape index (κ3) is 4.18. The summed E-state index contributed by atoms with van der Waals surface area (Å²) in [5.41, 5.74) is 2.63. The molecule has 1 N–H and O–H groups in total. The van der Waals surface area contributed by atoms with E-state index in [1.165, 1.54) is 16.0 Å². The van der Waals surface area contributed by atoms with Crippen molar-refractivity contribution in [1.29, 1.82) is 0 Å². The van der Waals surface area contributed by atoms with E-state index >= 15 is 0 Å². The molecule has 0 radical (unpaired) electrons. The summed E-state index contributed by atoms with van der Waals surface area (Å²) in [6, 6.07) is 8.53. The van der Waals surface area contributed by atoms with E-state index in [-0.39, 0.29) is 0 Å². The van der Waals surface area contributed by atoms with Gasteiger partial charge in [-0.3, -0.25) is 0 Å². The molecule has 0 amide bonds. The van der Waals surface area contributed by atoms with E-state index in [2.05, 4.69) is 44.1 Å². The van der Waals surface area contributed by atoms with Crippen LogP contribution < -0.4 is 10.2 Å². The van der Waals surface area contributed by atoms with Gasteiger partial charge in [-0.25, -0.2) is 9.97 Å². The number of aromatic nitrogens is 3. The topological polar surface area (TPSA) is 46.0 Å². The van der Waals surface area contributed by atoms with Gasteiger partial charge in [0.05, 0.1) is 6.33 Å². The highest BCUT2D eigenvalue weighted by Gasteiger charge is 2.05. The molecule has 0 spiro atoms. The van der Waals surface area contributed by atoms with Crippen molar-refractivity contribution in [2.75, 3.05) is 19.0 Å². The number of benzene rings is 1. The van der Waals surface area contributed by atoms with E-state index < -0.39 is 0 Å². The lowest BCUT2D eigenvalue weighted by Crippen LogP contribution is -2.14. The van der Waals surface area contributed by atoms with Crippen LogP contribution in [0.4, 0.5) is 5.13 Å². The van der Waals surface area contributed by atoms with Crippen LogP contribution in [0.2, 0.25) is 0 Å². The second kappa shape index (κ2) is 7.39. The Morgan fingerprint density at radius 2 is 2.00 bits per heavy atom. The lowest BCUT2D eigenvalue weighted by molar-refractivity contribution is 0.686. The summed E-state index contributed by atoms with van der Waals surface area (Å²) >= 11 is 1.72. The first-order chi connectivity index (χ1) is 11.2. The van der Waals surface area contributed by atoms with Gasteiger partial charge in [-0.1, -0.05) is 24.3 Å². The first-order valence-corrected chi connectivity index (χ1v) is 8.39. The minimum absolute atomic E-state index is 0.838. The highest BCUT2D eigenvalue weighted by Crippen LogP contribution is 2.20. The van der Waals surface area contributed by atoms with E-state index in [0.717, 1.165) is 24.8 Å². The first kappa shape index (κ1) is 15.7. The van der Waals surface area contributed by atoms with Crippen LogP contribution in [0, 0.1) is 0 Å². The monoisotopic (exact) mass is 327 g/mol. The van der Waals surface area contributed by atoms with Gasteiger partial charge in [-0.2, -0.15) is 0 Å². The molecule has 0 fully saturated rings. The third-order valence-electron chi connectivity index (χ3n) is 3.57. The number of rotatable bonds is 7. The summed E-state index contributed by atoms with van der Waals surface area (Å²) in [7, 11) is 4.03. The molecule has 0 aliphatic rings. The zero-order valence-electron chi connectivity index (χ0n) is 13.4. The van der Waals surface area contributed by atoms with E-state index in [1.54, 1.807) is 11.3 Å². The molecule has 3 rings (SSSR count). The first-order valence-electron chi connectivity index (χ1n) is 7.57. The zero-order valence-corrected chi connectivity index (χ0v) is 14.3. The van der Waals surface area contributed by atoms with Crippen LogP contribution in [-0.2, 0) is 19.6 Å². The zero-order chi connectivity index (χ0) is 16.1. The number of nitrogens with zero attached hydrogens (tertiary/aromatic N) is 4. The Hall–Kier alpha value is -2.18. The summed E-state index contributed by atoms with van der Waals surface area (Å²) in [6.45, 7) is 2.54. The molecule has 0 aliphatic heterocycles. The van der Waals surface area contributed by atoms with E-state index in [4.69, 9.17) is 0 Å². The molecule has 2 aromatic heterocycles. The number of imidazole rings is 1. The average Bonchev–Trinajstić information content (AvgIpc) is 3.20. The van der Waals surface area contributed by atoms with Gasteiger partial charge in [-0.15, -0.1) is 11.3 Å². The van der Waals surface area contributed by atoms with Gasteiger partial charge in [0.1, 0.15) is 0 Å². The molecule has 0 saturated carbocycles. The molecular weight excluding hydrogens is 306 g/mol. The maximum Gasteiger partial charge on any atom is 0.185 e. The maximum atomic E-state index is 4.40. The van der Waals surface area contributed by atoms with Crippen molar-refractivity contribution in [2.45, 2.75) is 19.6 Å². The van der Waals surface area contributed by atoms with Gasteiger partial charge in [0.15, 0.2) is 5.13 Å². The van der Waals surface area contributed by atoms with E-state index in [1.807, 2.05) is 43.9 Å². The molecule has 6 heteroatoms. The Balaban J connectivity index is 1.59. The highest BCUT2D eigenvalue weighted by atomic mass is 32.1. The number of thiazole rings is 1. The lowest BCUT2D eigenvalue weighted by Gasteiger charge is -2.11. The van der Waals surface area contributed by atoms with Crippen molar-refractivity contribution < 1.29 is 0 Å². The predicted octanol–water partition coefficient (Wildman–Crippen LogP) is 2.74. The Bertz CT molecular complexity index is 733. The summed E-state index contributed by atoms with van der Waals surface area (Å²) in [6.07, 6.45) is 7.60. The Morgan fingerprint density at radius 3 is 2.70 bits per heavy atom. The standard InChI is InChI=1S/C17H21N5S/c1-21(2)17-20-11-16(23-17)10-19-9-14-5-3-4-6-15(14)12-22-8-7-18-13-22/h3-8,11,13,19H,9-10,12H2,1-2H3. The molecule has 0 bridgehead atoms. The molecule has 5 nitrogen and oxygen atoms in total. The minimum atomic E-state index is 0.838. The largest absolute Gasteiger partial charge is 0.354 e. The van der Waals surface area contributed by atoms with Gasteiger partial charge in [0.2, 0.25) is 0 Å². The fourth-order valence-electron chi connectivity index (χ4n) is 2.37. The second-order valence-corrected chi connectivity index (χ2v) is 6.70. The van der Waals surface area contributed by atoms with Crippen LogP contribution in [-0.4, -0.2) is 28.6 Å². The van der Waals surface area contributed by atoms with Crippen molar-refractivity contribution in [3.63, 3.8) is 0 Å². The molecule has 0 atom stereocenters. The highest BCUT2D eigenvalue weighted by molar-refractivity contribution is 7.15. The molecule has 23 heavy (non-hydrogen) atoms. The van der Waals surface area contributed by atoms with Crippen molar-refractivity contribution in [2.24, 2.45) is 0 Å². The van der Waals surface area contributed by atoms with Crippen LogP contribution in [0.15, 0.2) is 49.2 Å².